The molecule has 0 bridgehead atoms. The first-order valence-corrected chi connectivity index (χ1v) is 10.4. The van der Waals surface area contributed by atoms with Crippen LogP contribution in [0.2, 0.25) is 0 Å². The second-order valence-electron chi connectivity index (χ2n) is 7.96. The first-order valence-electron chi connectivity index (χ1n) is 10.4. The molecular weight excluding hydrogens is 409 g/mol. The molecule has 1 amide bonds. The number of hydrogen-bond donors (Lipinski definition) is 2. The van der Waals surface area contributed by atoms with E-state index in [-0.39, 0.29) is 23.8 Å². The summed E-state index contributed by atoms with van der Waals surface area (Å²) in [5.74, 6) is 0.151. The van der Waals surface area contributed by atoms with Gasteiger partial charge in [-0.05, 0) is 61.9 Å². The molecule has 1 aromatic carbocycles. The number of amides is 1. The van der Waals surface area contributed by atoms with Crippen LogP contribution < -0.4 is 15.6 Å². The average Bonchev–Trinajstić information content (AvgIpc) is 3.39. The topological polar surface area (TPSA) is 71.2 Å². The Labute approximate surface area is 177 Å². The molecule has 1 atom stereocenters. The highest BCUT2D eigenvalue weighted by Gasteiger charge is 2.30. The fourth-order valence-electron chi connectivity index (χ4n) is 4.04. The molecule has 1 aliphatic heterocycles. The number of hydrogen-bond acceptors (Lipinski definition) is 3. The van der Waals surface area contributed by atoms with Gasteiger partial charge in [-0.15, -0.1) is 0 Å². The van der Waals surface area contributed by atoms with Crippen LogP contribution >= 0.6 is 0 Å². The van der Waals surface area contributed by atoms with Gasteiger partial charge in [0.05, 0.1) is 11.7 Å². The Morgan fingerprint density at radius 2 is 1.71 bits per heavy atom. The van der Waals surface area contributed by atoms with E-state index in [0.29, 0.717) is 29.7 Å². The molecule has 2 aliphatic rings. The molecule has 1 saturated carbocycles. The van der Waals surface area contributed by atoms with Crippen molar-refractivity contribution in [2.75, 3.05) is 0 Å². The maximum atomic E-state index is 13.0. The normalized spacial score (nSPS) is 20.2. The van der Waals surface area contributed by atoms with Crippen LogP contribution in [0.15, 0.2) is 47.3 Å². The molecule has 31 heavy (non-hydrogen) atoms. The number of rotatable bonds is 5. The Kier molecular flexibility index (Phi) is 5.89. The van der Waals surface area contributed by atoms with Crippen LogP contribution in [0.25, 0.3) is 5.57 Å². The van der Waals surface area contributed by atoms with E-state index in [9.17, 15) is 22.8 Å². The summed E-state index contributed by atoms with van der Waals surface area (Å²) in [4.78, 5) is 27.0. The summed E-state index contributed by atoms with van der Waals surface area (Å²) in [5, 5.41) is 2.82. The Morgan fingerprint density at radius 1 is 1.00 bits per heavy atom. The highest BCUT2D eigenvalue weighted by molar-refractivity contribution is 5.82. The van der Waals surface area contributed by atoms with Gasteiger partial charge in [0.25, 0.3) is 5.56 Å². The molecule has 2 aromatic rings. The third kappa shape index (κ3) is 5.00. The van der Waals surface area contributed by atoms with Crippen LogP contribution in [0.5, 0.6) is 5.75 Å². The lowest BCUT2D eigenvalue weighted by atomic mass is 9.98. The number of nitrogens with one attached hydrogen (secondary N) is 2. The van der Waals surface area contributed by atoms with E-state index in [1.807, 2.05) is 0 Å². The maximum absolute atomic E-state index is 13.0. The number of aromatic nitrogens is 1. The zero-order valence-corrected chi connectivity index (χ0v) is 16.8. The highest BCUT2D eigenvalue weighted by atomic mass is 19.4. The lowest BCUT2D eigenvalue weighted by Gasteiger charge is -2.15. The minimum Gasteiger partial charge on any atom is -0.485 e. The van der Waals surface area contributed by atoms with E-state index >= 15 is 0 Å². The molecule has 1 aliphatic carbocycles. The number of pyridine rings is 1. The van der Waals surface area contributed by atoms with E-state index in [0.717, 1.165) is 37.8 Å². The number of aromatic amines is 1. The van der Waals surface area contributed by atoms with Crippen LogP contribution in [-0.2, 0) is 11.0 Å². The fraction of sp³-hybridized carbons (Fsp3) is 0.391. The molecule has 4 rings (SSSR count). The van der Waals surface area contributed by atoms with Gasteiger partial charge in [-0.1, -0.05) is 18.2 Å². The number of carbonyl (C=O) groups is 1. The first-order chi connectivity index (χ1) is 14.8. The number of ether oxygens (including phenoxy) is 1. The molecule has 2 fully saturated rings. The molecule has 1 aromatic heterocycles. The van der Waals surface area contributed by atoms with Gasteiger partial charge in [0.2, 0.25) is 5.91 Å². The molecule has 5 nitrogen and oxygen atoms in total. The molecule has 0 radical (unpaired) electrons. The minimum atomic E-state index is -4.44. The van der Waals surface area contributed by atoms with Gasteiger partial charge in [0, 0.05) is 23.7 Å². The Balaban J connectivity index is 1.67. The number of halogens is 3. The molecule has 0 spiro atoms. The molecule has 0 unspecified atom stereocenters. The lowest BCUT2D eigenvalue weighted by molar-refractivity contribution is -0.137. The third-order valence-corrected chi connectivity index (χ3v) is 5.68. The van der Waals surface area contributed by atoms with Crippen molar-refractivity contribution in [1.29, 1.82) is 0 Å². The summed E-state index contributed by atoms with van der Waals surface area (Å²) in [5.41, 5.74) is 0.362. The van der Waals surface area contributed by atoms with Crippen molar-refractivity contribution in [2.24, 2.45) is 0 Å². The van der Waals surface area contributed by atoms with Gasteiger partial charge in [-0.2, -0.15) is 13.2 Å². The second-order valence-corrected chi connectivity index (χ2v) is 7.96. The van der Waals surface area contributed by atoms with Crippen molar-refractivity contribution in [1.82, 2.24) is 10.3 Å². The van der Waals surface area contributed by atoms with Crippen molar-refractivity contribution in [3.05, 3.63) is 69.6 Å². The van der Waals surface area contributed by atoms with Gasteiger partial charge >= 0.3 is 6.18 Å². The molecule has 164 valence electrons. The predicted octanol–water partition coefficient (Wildman–Crippen LogP) is 4.43. The molecular formula is C23H23F3N2O3. The number of H-pyrrole nitrogens is 1. The quantitative estimate of drug-likeness (QED) is 0.735. The molecule has 8 heteroatoms. The van der Waals surface area contributed by atoms with Gasteiger partial charge in [-0.3, -0.25) is 9.59 Å². The van der Waals surface area contributed by atoms with Crippen LogP contribution in [0.4, 0.5) is 13.2 Å². The third-order valence-electron chi connectivity index (χ3n) is 5.68. The number of benzene rings is 1. The number of alkyl halides is 3. The van der Waals surface area contributed by atoms with Gasteiger partial charge < -0.3 is 15.0 Å². The van der Waals surface area contributed by atoms with E-state index in [1.54, 1.807) is 18.2 Å². The highest BCUT2D eigenvalue weighted by Crippen LogP contribution is 2.32. The van der Waals surface area contributed by atoms with E-state index < -0.39 is 17.3 Å². The van der Waals surface area contributed by atoms with E-state index in [1.165, 1.54) is 12.1 Å². The Bertz CT molecular complexity index is 1040. The Morgan fingerprint density at radius 3 is 2.29 bits per heavy atom. The zero-order chi connectivity index (χ0) is 22.0. The first kappa shape index (κ1) is 21.2. The van der Waals surface area contributed by atoms with Crippen LogP contribution in [-0.4, -0.2) is 23.0 Å². The summed E-state index contributed by atoms with van der Waals surface area (Å²) in [7, 11) is 0. The van der Waals surface area contributed by atoms with Crippen molar-refractivity contribution >= 4 is 11.5 Å². The summed E-state index contributed by atoms with van der Waals surface area (Å²) in [6.45, 7) is 0. The average molecular weight is 432 g/mol. The largest absolute Gasteiger partial charge is 0.485 e. The van der Waals surface area contributed by atoms with Crippen LogP contribution in [0, 0.1) is 0 Å². The van der Waals surface area contributed by atoms with Crippen LogP contribution in [0.3, 0.4) is 0 Å². The maximum Gasteiger partial charge on any atom is 0.416 e. The van der Waals surface area contributed by atoms with E-state index in [2.05, 4.69) is 10.3 Å². The van der Waals surface area contributed by atoms with Crippen molar-refractivity contribution in [3.63, 3.8) is 0 Å². The molecule has 1 saturated heterocycles. The van der Waals surface area contributed by atoms with Gasteiger partial charge in [-0.25, -0.2) is 0 Å². The second kappa shape index (κ2) is 8.61. The van der Waals surface area contributed by atoms with Crippen molar-refractivity contribution in [3.8, 4) is 5.75 Å². The zero-order valence-electron chi connectivity index (χ0n) is 16.8. The molecule has 2 heterocycles. The Hall–Kier alpha value is -3.03. The van der Waals surface area contributed by atoms with Crippen molar-refractivity contribution in [2.45, 2.75) is 56.8 Å². The van der Waals surface area contributed by atoms with Gasteiger partial charge in [0.1, 0.15) is 0 Å². The smallest absolute Gasteiger partial charge is 0.416 e. The summed E-state index contributed by atoms with van der Waals surface area (Å²) in [6.07, 6.45) is 2.32. The fourth-order valence-corrected chi connectivity index (χ4v) is 4.04. The van der Waals surface area contributed by atoms with Gasteiger partial charge in [0.15, 0.2) is 5.75 Å². The summed E-state index contributed by atoms with van der Waals surface area (Å²) < 4.78 is 44.7. The summed E-state index contributed by atoms with van der Waals surface area (Å²) >= 11 is 0. The lowest BCUT2D eigenvalue weighted by Crippen LogP contribution is -2.24. The summed E-state index contributed by atoms with van der Waals surface area (Å²) in [6, 6.07) is 7.77. The predicted molar refractivity (Wildman–Crippen MR) is 110 cm³/mol. The monoisotopic (exact) mass is 432 g/mol. The minimum absolute atomic E-state index is 0.0329. The standard InChI is InChI=1S/C23H23F3N2O3/c24-23(25,26)15-7-5-14(6-8-15)18(13-16-9-12-21(29)27-16)19-10-11-20(22(30)28-19)31-17-3-1-2-4-17/h5-8,10-11,13,16-17H,1-4,9,12H2,(H,27,29)(H,28,30)/b18-13+/t16-/m1/s1. The van der Waals surface area contributed by atoms with Crippen LogP contribution in [0.1, 0.15) is 55.3 Å². The van der Waals surface area contributed by atoms with Crippen molar-refractivity contribution < 1.29 is 22.7 Å². The molecule has 2 N–H and O–H groups in total. The van der Waals surface area contributed by atoms with E-state index in [4.69, 9.17) is 4.74 Å². The number of carbonyl (C=O) groups excluding carboxylic acids is 1. The SMILES string of the molecule is O=C1CC[C@H](/C=C(\c2ccc(C(F)(F)F)cc2)c2ccc(OC3CCCC3)c(=O)[nH]2)N1.